The molecule has 3 amide bonds. The van der Waals surface area contributed by atoms with Gasteiger partial charge in [0.2, 0.25) is 0 Å². The molecule has 7 nitrogen and oxygen atoms in total. The van der Waals surface area contributed by atoms with Gasteiger partial charge in [-0.05, 0) is 37.2 Å². The van der Waals surface area contributed by atoms with Crippen LogP contribution in [0.3, 0.4) is 0 Å². The second-order valence-electron chi connectivity index (χ2n) is 7.15. The quantitative estimate of drug-likeness (QED) is 0.888. The van der Waals surface area contributed by atoms with E-state index in [1.807, 2.05) is 11.0 Å². The number of nitrogens with one attached hydrogen (secondary N) is 1. The van der Waals surface area contributed by atoms with E-state index in [0.717, 1.165) is 19.6 Å². The molecule has 1 aromatic heterocycles. The summed E-state index contributed by atoms with van der Waals surface area (Å²) < 4.78 is 0. The second-order valence-corrected chi connectivity index (χ2v) is 7.15. The predicted octanol–water partition coefficient (Wildman–Crippen LogP) is 3.32. The first kappa shape index (κ1) is 18.4. The maximum absolute atomic E-state index is 13.5. The lowest BCUT2D eigenvalue weighted by molar-refractivity contribution is 0.102. The molecule has 1 aromatic carbocycles. The number of pyridine rings is 1. The summed E-state index contributed by atoms with van der Waals surface area (Å²) in [5.74, 6) is 0.226. The first-order valence-corrected chi connectivity index (χ1v) is 9.86. The largest absolute Gasteiger partial charge is 0.330 e. The van der Waals surface area contributed by atoms with Gasteiger partial charge < -0.3 is 10.2 Å². The molecule has 2 aliphatic rings. The highest BCUT2D eigenvalue weighted by atomic mass is 16.2. The highest BCUT2D eigenvalue weighted by Gasteiger charge is 2.33. The minimum Gasteiger partial charge on any atom is -0.321 e. The Morgan fingerprint density at radius 2 is 1.89 bits per heavy atom. The van der Waals surface area contributed by atoms with E-state index in [1.54, 1.807) is 41.4 Å². The standard InChI is InChI=1S/C21H25N5O2/c1-2-3-11-24-12-14-25(15-13-24)21(28)26-18-9-5-4-7-16(18)20(27)23-17-8-6-10-22-19(17)26/h4-10H,2-3,11-15H2,1H3,(H,23,27). The van der Waals surface area contributed by atoms with Crippen molar-refractivity contribution in [3.05, 3.63) is 48.2 Å². The number of rotatable bonds is 3. The van der Waals surface area contributed by atoms with E-state index in [2.05, 4.69) is 22.1 Å². The maximum atomic E-state index is 13.5. The number of aromatic nitrogens is 1. The maximum Gasteiger partial charge on any atom is 0.330 e. The summed E-state index contributed by atoms with van der Waals surface area (Å²) in [4.78, 5) is 36.4. The van der Waals surface area contributed by atoms with Crippen molar-refractivity contribution in [2.24, 2.45) is 0 Å². The van der Waals surface area contributed by atoms with Crippen molar-refractivity contribution in [3.8, 4) is 0 Å². The molecule has 0 bridgehead atoms. The molecule has 28 heavy (non-hydrogen) atoms. The van der Waals surface area contributed by atoms with E-state index >= 15 is 0 Å². The number of nitrogens with zero attached hydrogens (tertiary/aromatic N) is 4. The number of benzene rings is 1. The van der Waals surface area contributed by atoms with Gasteiger partial charge in [0.25, 0.3) is 5.91 Å². The van der Waals surface area contributed by atoms with Gasteiger partial charge in [0.1, 0.15) is 0 Å². The van der Waals surface area contributed by atoms with Crippen molar-refractivity contribution in [2.45, 2.75) is 19.8 Å². The SMILES string of the molecule is CCCCN1CCN(C(=O)N2c3ccccc3C(=O)Nc3cccnc32)CC1. The van der Waals surface area contributed by atoms with Crippen LogP contribution in [0.2, 0.25) is 0 Å². The Kier molecular flexibility index (Phi) is 5.25. The summed E-state index contributed by atoms with van der Waals surface area (Å²) in [7, 11) is 0. The smallest absolute Gasteiger partial charge is 0.321 e. The Balaban J connectivity index is 1.64. The normalized spacial score (nSPS) is 16.8. The monoisotopic (exact) mass is 379 g/mol. The van der Waals surface area contributed by atoms with Crippen LogP contribution in [-0.4, -0.2) is 59.4 Å². The number of fused-ring (bicyclic) bond motifs is 2. The molecule has 4 rings (SSSR count). The number of para-hydroxylation sites is 1. The van der Waals surface area contributed by atoms with Gasteiger partial charge in [-0.1, -0.05) is 25.5 Å². The first-order valence-electron chi connectivity index (χ1n) is 9.86. The number of carbonyl (C=O) groups is 2. The predicted molar refractivity (Wildman–Crippen MR) is 109 cm³/mol. The van der Waals surface area contributed by atoms with E-state index < -0.39 is 0 Å². The van der Waals surface area contributed by atoms with Gasteiger partial charge in [-0.25, -0.2) is 14.7 Å². The minimum atomic E-state index is -0.232. The summed E-state index contributed by atoms with van der Waals surface area (Å²) in [5.41, 5.74) is 1.57. The van der Waals surface area contributed by atoms with E-state index in [-0.39, 0.29) is 11.9 Å². The fourth-order valence-corrected chi connectivity index (χ4v) is 3.72. The van der Waals surface area contributed by atoms with Gasteiger partial charge in [-0.3, -0.25) is 9.69 Å². The van der Waals surface area contributed by atoms with Crippen LogP contribution in [0.5, 0.6) is 0 Å². The zero-order valence-electron chi connectivity index (χ0n) is 16.1. The van der Waals surface area contributed by atoms with Gasteiger partial charge in [0.15, 0.2) is 5.82 Å². The van der Waals surface area contributed by atoms with Crippen molar-refractivity contribution in [3.63, 3.8) is 0 Å². The fourth-order valence-electron chi connectivity index (χ4n) is 3.72. The average Bonchev–Trinajstić information content (AvgIpc) is 2.86. The number of carbonyl (C=O) groups excluding carboxylic acids is 2. The lowest BCUT2D eigenvalue weighted by atomic mass is 10.1. The lowest BCUT2D eigenvalue weighted by Crippen LogP contribution is -2.52. The molecule has 1 fully saturated rings. The summed E-state index contributed by atoms with van der Waals surface area (Å²) in [6, 6.07) is 10.6. The molecule has 1 N–H and O–H groups in total. The molecule has 0 saturated carbocycles. The van der Waals surface area contributed by atoms with Crippen LogP contribution in [0.25, 0.3) is 0 Å². The number of hydrogen-bond donors (Lipinski definition) is 1. The number of urea groups is 1. The molecule has 3 heterocycles. The Morgan fingerprint density at radius 1 is 1.11 bits per heavy atom. The molecule has 2 aromatic rings. The minimum absolute atomic E-state index is 0.140. The number of anilines is 3. The number of hydrogen-bond acceptors (Lipinski definition) is 4. The molecule has 2 aliphatic heterocycles. The molecular formula is C21H25N5O2. The van der Waals surface area contributed by atoms with Crippen molar-refractivity contribution in [1.82, 2.24) is 14.8 Å². The summed E-state index contributed by atoms with van der Waals surface area (Å²) in [6.07, 6.45) is 3.99. The molecule has 7 heteroatoms. The Hall–Kier alpha value is -2.93. The third-order valence-electron chi connectivity index (χ3n) is 5.30. The van der Waals surface area contributed by atoms with Crippen molar-refractivity contribution >= 4 is 29.1 Å². The molecule has 146 valence electrons. The van der Waals surface area contributed by atoms with Crippen molar-refractivity contribution in [2.75, 3.05) is 42.9 Å². The summed E-state index contributed by atoms with van der Waals surface area (Å²) in [5, 5.41) is 2.87. The number of unbranched alkanes of at least 4 members (excludes halogenated alkanes) is 1. The van der Waals surface area contributed by atoms with Gasteiger partial charge in [0.05, 0.1) is 16.9 Å². The van der Waals surface area contributed by atoms with Gasteiger partial charge in [-0.15, -0.1) is 0 Å². The van der Waals surface area contributed by atoms with Gasteiger partial charge in [-0.2, -0.15) is 0 Å². The van der Waals surface area contributed by atoms with Crippen LogP contribution in [0.4, 0.5) is 22.0 Å². The summed E-state index contributed by atoms with van der Waals surface area (Å²) in [6.45, 7) is 6.35. The molecule has 0 unspecified atom stereocenters. The number of piperazine rings is 1. The van der Waals surface area contributed by atoms with E-state index in [9.17, 15) is 9.59 Å². The van der Waals surface area contributed by atoms with Crippen LogP contribution < -0.4 is 10.2 Å². The highest BCUT2D eigenvalue weighted by Crippen LogP contribution is 2.36. The topological polar surface area (TPSA) is 68.8 Å². The molecule has 1 saturated heterocycles. The molecule has 0 radical (unpaired) electrons. The van der Waals surface area contributed by atoms with Gasteiger partial charge in [0, 0.05) is 32.4 Å². The average molecular weight is 379 g/mol. The molecule has 0 atom stereocenters. The third kappa shape index (κ3) is 3.45. The molecule has 0 spiro atoms. The Bertz CT molecular complexity index is 877. The van der Waals surface area contributed by atoms with E-state index in [4.69, 9.17) is 0 Å². The Morgan fingerprint density at radius 3 is 2.68 bits per heavy atom. The highest BCUT2D eigenvalue weighted by molar-refractivity contribution is 6.16. The van der Waals surface area contributed by atoms with Crippen LogP contribution in [-0.2, 0) is 0 Å². The van der Waals surface area contributed by atoms with Gasteiger partial charge >= 0.3 is 6.03 Å². The first-order chi connectivity index (χ1) is 13.7. The lowest BCUT2D eigenvalue weighted by Gasteiger charge is -2.37. The molecular weight excluding hydrogens is 354 g/mol. The third-order valence-corrected chi connectivity index (χ3v) is 5.30. The summed E-state index contributed by atoms with van der Waals surface area (Å²) >= 11 is 0. The van der Waals surface area contributed by atoms with Crippen molar-refractivity contribution in [1.29, 1.82) is 0 Å². The van der Waals surface area contributed by atoms with E-state index in [1.165, 1.54) is 12.8 Å². The second kappa shape index (κ2) is 7.98. The Labute approximate surface area is 164 Å². The zero-order valence-corrected chi connectivity index (χ0v) is 16.1. The molecule has 0 aliphatic carbocycles. The number of amides is 3. The fraction of sp³-hybridized carbons (Fsp3) is 0.381. The van der Waals surface area contributed by atoms with Crippen molar-refractivity contribution < 1.29 is 9.59 Å². The van der Waals surface area contributed by atoms with Crippen LogP contribution in [0, 0.1) is 0 Å². The zero-order chi connectivity index (χ0) is 19.5. The van der Waals surface area contributed by atoms with E-state index in [0.29, 0.717) is 35.8 Å². The van der Waals surface area contributed by atoms with Crippen LogP contribution in [0.15, 0.2) is 42.6 Å². The van der Waals surface area contributed by atoms with Crippen LogP contribution in [0.1, 0.15) is 30.1 Å². The van der Waals surface area contributed by atoms with Crippen LogP contribution >= 0.6 is 0 Å².